The zero-order valence-corrected chi connectivity index (χ0v) is 14.8. The third kappa shape index (κ3) is 6.12. The number of carbonyl (C=O) groups excluding carboxylic acids is 1. The Labute approximate surface area is 149 Å². The Kier molecular flexibility index (Phi) is 7.29. The van der Waals surface area contributed by atoms with E-state index in [1.807, 2.05) is 55.5 Å². The Balaban J connectivity index is 1.95. The molecule has 0 spiro atoms. The lowest BCUT2D eigenvalue weighted by molar-refractivity contribution is 0.232. The topological polar surface area (TPSA) is 70.6 Å². The average Bonchev–Trinajstić information content (AvgIpc) is 2.63. The van der Waals surface area contributed by atoms with Gasteiger partial charge in [-0.1, -0.05) is 36.4 Å². The van der Waals surface area contributed by atoms with Crippen LogP contribution in [0.3, 0.4) is 0 Å². The fraction of sp³-hybridized carbons (Fsp3) is 0.350. The number of hydrogen-bond acceptors (Lipinski definition) is 3. The summed E-state index contributed by atoms with van der Waals surface area (Å²) in [5.74, 6) is 0.780. The molecule has 2 aromatic carbocycles. The molecule has 1 atom stereocenters. The molecule has 1 unspecified atom stereocenters. The van der Waals surface area contributed by atoms with Crippen LogP contribution in [-0.4, -0.2) is 24.9 Å². The smallest absolute Gasteiger partial charge is 0.315 e. The SMILES string of the molecule is COc1cc(C)cc(CNC(=O)NC(CCCO)c2ccccc2)c1. The van der Waals surface area contributed by atoms with Gasteiger partial charge in [-0.3, -0.25) is 0 Å². The largest absolute Gasteiger partial charge is 0.497 e. The quantitative estimate of drug-likeness (QED) is 0.689. The summed E-state index contributed by atoms with van der Waals surface area (Å²) < 4.78 is 5.26. The lowest BCUT2D eigenvalue weighted by Crippen LogP contribution is -2.37. The van der Waals surface area contributed by atoms with Crippen LogP contribution in [0.4, 0.5) is 4.79 Å². The van der Waals surface area contributed by atoms with Crippen LogP contribution in [0, 0.1) is 6.92 Å². The van der Waals surface area contributed by atoms with Crippen LogP contribution in [-0.2, 0) is 6.54 Å². The third-order valence-corrected chi connectivity index (χ3v) is 3.96. The molecule has 0 saturated heterocycles. The number of hydrogen-bond donors (Lipinski definition) is 3. The minimum atomic E-state index is -0.229. The van der Waals surface area contributed by atoms with Crippen LogP contribution in [0.25, 0.3) is 0 Å². The standard InChI is InChI=1S/C20H26N2O3/c1-15-11-16(13-18(12-15)25-2)14-21-20(24)22-19(9-6-10-23)17-7-4-3-5-8-17/h3-5,7-8,11-13,19,23H,6,9-10,14H2,1-2H3,(H2,21,22,24). The van der Waals surface area contributed by atoms with E-state index in [1.165, 1.54) is 0 Å². The molecule has 0 saturated carbocycles. The summed E-state index contributed by atoms with van der Waals surface area (Å²) in [4.78, 5) is 12.3. The number of aryl methyl sites for hydroxylation is 1. The summed E-state index contributed by atoms with van der Waals surface area (Å²) in [6, 6.07) is 15.3. The molecule has 0 aromatic heterocycles. The van der Waals surface area contributed by atoms with Gasteiger partial charge >= 0.3 is 6.03 Å². The Morgan fingerprint density at radius 3 is 2.64 bits per heavy atom. The van der Waals surface area contributed by atoms with Gasteiger partial charge in [-0.25, -0.2) is 4.79 Å². The number of methoxy groups -OCH3 is 1. The van der Waals surface area contributed by atoms with Crippen LogP contribution in [0.15, 0.2) is 48.5 Å². The molecule has 0 heterocycles. The van der Waals surface area contributed by atoms with Crippen LogP contribution in [0.1, 0.15) is 35.6 Å². The highest BCUT2D eigenvalue weighted by molar-refractivity contribution is 5.74. The lowest BCUT2D eigenvalue weighted by atomic mass is 10.0. The molecule has 0 aliphatic rings. The zero-order chi connectivity index (χ0) is 18.1. The predicted octanol–water partition coefficient (Wildman–Crippen LogP) is 3.32. The van der Waals surface area contributed by atoms with Crippen LogP contribution in [0.2, 0.25) is 0 Å². The van der Waals surface area contributed by atoms with E-state index in [0.717, 1.165) is 22.4 Å². The molecule has 2 aromatic rings. The van der Waals surface area contributed by atoms with Gasteiger partial charge in [0, 0.05) is 13.2 Å². The van der Waals surface area contributed by atoms with E-state index in [9.17, 15) is 4.79 Å². The molecule has 25 heavy (non-hydrogen) atoms. The molecule has 0 aliphatic heterocycles. The van der Waals surface area contributed by atoms with E-state index in [1.54, 1.807) is 7.11 Å². The number of carbonyl (C=O) groups is 1. The molecule has 0 radical (unpaired) electrons. The fourth-order valence-corrected chi connectivity index (χ4v) is 2.74. The number of benzene rings is 2. The first-order chi connectivity index (χ1) is 12.1. The first kappa shape index (κ1) is 18.8. The molecule has 0 aliphatic carbocycles. The number of amides is 2. The molecule has 5 nitrogen and oxygen atoms in total. The highest BCUT2D eigenvalue weighted by Crippen LogP contribution is 2.18. The number of aliphatic hydroxyl groups excluding tert-OH is 1. The van der Waals surface area contributed by atoms with Crippen molar-refractivity contribution in [1.82, 2.24) is 10.6 Å². The van der Waals surface area contributed by atoms with Crippen molar-refractivity contribution < 1.29 is 14.6 Å². The molecular weight excluding hydrogens is 316 g/mol. The van der Waals surface area contributed by atoms with Crippen molar-refractivity contribution in [3.63, 3.8) is 0 Å². The number of ether oxygens (including phenoxy) is 1. The molecular formula is C20H26N2O3. The summed E-state index contributed by atoms with van der Waals surface area (Å²) in [6.45, 7) is 2.52. The van der Waals surface area contributed by atoms with Crippen molar-refractivity contribution in [2.75, 3.05) is 13.7 Å². The van der Waals surface area contributed by atoms with Gasteiger partial charge in [0.05, 0.1) is 13.2 Å². The van der Waals surface area contributed by atoms with Gasteiger partial charge in [-0.2, -0.15) is 0 Å². The van der Waals surface area contributed by atoms with E-state index >= 15 is 0 Å². The molecule has 2 amide bonds. The fourth-order valence-electron chi connectivity index (χ4n) is 2.74. The second-order valence-corrected chi connectivity index (χ2v) is 6.01. The molecule has 2 rings (SSSR count). The van der Waals surface area contributed by atoms with E-state index in [0.29, 0.717) is 19.4 Å². The highest BCUT2D eigenvalue weighted by atomic mass is 16.5. The van der Waals surface area contributed by atoms with Gasteiger partial charge in [-0.15, -0.1) is 0 Å². The first-order valence-corrected chi connectivity index (χ1v) is 8.47. The summed E-state index contributed by atoms with van der Waals surface area (Å²) in [5.41, 5.74) is 3.10. The second-order valence-electron chi connectivity index (χ2n) is 6.01. The maximum atomic E-state index is 12.3. The summed E-state index contributed by atoms with van der Waals surface area (Å²) in [5, 5.41) is 15.0. The van der Waals surface area contributed by atoms with Crippen molar-refractivity contribution >= 4 is 6.03 Å². The monoisotopic (exact) mass is 342 g/mol. The van der Waals surface area contributed by atoms with Gasteiger partial charge in [0.2, 0.25) is 0 Å². The van der Waals surface area contributed by atoms with E-state index < -0.39 is 0 Å². The highest BCUT2D eigenvalue weighted by Gasteiger charge is 2.14. The second kappa shape index (κ2) is 9.69. The number of aliphatic hydroxyl groups is 1. The van der Waals surface area contributed by atoms with E-state index in [2.05, 4.69) is 10.6 Å². The van der Waals surface area contributed by atoms with Gasteiger partial charge < -0.3 is 20.5 Å². The molecule has 0 bridgehead atoms. The average molecular weight is 342 g/mol. The van der Waals surface area contributed by atoms with Crippen LogP contribution in [0.5, 0.6) is 5.75 Å². The van der Waals surface area contributed by atoms with E-state index in [4.69, 9.17) is 9.84 Å². The van der Waals surface area contributed by atoms with Crippen molar-refractivity contribution in [3.8, 4) is 5.75 Å². The summed E-state index contributed by atoms with van der Waals surface area (Å²) in [7, 11) is 1.63. The molecule has 134 valence electrons. The number of nitrogens with one attached hydrogen (secondary N) is 2. The minimum Gasteiger partial charge on any atom is -0.497 e. The van der Waals surface area contributed by atoms with Crippen LogP contribution >= 0.6 is 0 Å². The van der Waals surface area contributed by atoms with Gasteiger partial charge in [0.1, 0.15) is 5.75 Å². The normalized spacial score (nSPS) is 11.6. The lowest BCUT2D eigenvalue weighted by Gasteiger charge is -2.19. The molecule has 5 heteroatoms. The Morgan fingerprint density at radius 1 is 1.20 bits per heavy atom. The maximum Gasteiger partial charge on any atom is 0.315 e. The van der Waals surface area contributed by atoms with Gasteiger partial charge in [0.15, 0.2) is 0 Å². The van der Waals surface area contributed by atoms with Crippen molar-refractivity contribution in [3.05, 3.63) is 65.2 Å². The van der Waals surface area contributed by atoms with Crippen molar-refractivity contribution in [1.29, 1.82) is 0 Å². The molecule has 0 fully saturated rings. The summed E-state index contributed by atoms with van der Waals surface area (Å²) >= 11 is 0. The van der Waals surface area contributed by atoms with E-state index in [-0.39, 0.29) is 18.7 Å². The number of rotatable bonds is 8. The van der Waals surface area contributed by atoms with Gasteiger partial charge in [0.25, 0.3) is 0 Å². The Hall–Kier alpha value is -2.53. The Morgan fingerprint density at radius 2 is 1.96 bits per heavy atom. The summed E-state index contributed by atoms with van der Waals surface area (Å²) in [6.07, 6.45) is 1.32. The van der Waals surface area contributed by atoms with Crippen molar-refractivity contribution in [2.24, 2.45) is 0 Å². The third-order valence-electron chi connectivity index (χ3n) is 3.96. The number of urea groups is 1. The van der Waals surface area contributed by atoms with Gasteiger partial charge in [-0.05, 0) is 48.6 Å². The van der Waals surface area contributed by atoms with Crippen molar-refractivity contribution in [2.45, 2.75) is 32.4 Å². The maximum absolute atomic E-state index is 12.3. The van der Waals surface area contributed by atoms with Crippen LogP contribution < -0.4 is 15.4 Å². The Bertz CT molecular complexity index is 674. The molecule has 3 N–H and O–H groups in total. The minimum absolute atomic E-state index is 0.107. The first-order valence-electron chi connectivity index (χ1n) is 8.47. The zero-order valence-electron chi connectivity index (χ0n) is 14.8. The predicted molar refractivity (Wildman–Crippen MR) is 98.6 cm³/mol.